The maximum atomic E-state index is 10.0. The average Bonchev–Trinajstić information content (AvgIpc) is 3.28. The summed E-state index contributed by atoms with van der Waals surface area (Å²) in [6, 6.07) is 15.4. The zero-order valence-electron chi connectivity index (χ0n) is 13.8. The molecule has 0 aliphatic heterocycles. The van der Waals surface area contributed by atoms with Crippen LogP contribution in [0, 0.1) is 0 Å². The summed E-state index contributed by atoms with van der Waals surface area (Å²) in [6.45, 7) is 0. The van der Waals surface area contributed by atoms with E-state index in [0.29, 0.717) is 0 Å². The molecular weight excluding hydrogens is 324 g/mol. The van der Waals surface area contributed by atoms with E-state index in [1.807, 2.05) is 42.7 Å². The van der Waals surface area contributed by atoms with Gasteiger partial charge in [-0.1, -0.05) is 12.1 Å². The van der Waals surface area contributed by atoms with Crippen LogP contribution in [0.2, 0.25) is 0 Å². The summed E-state index contributed by atoms with van der Waals surface area (Å²) in [7, 11) is 0. The summed E-state index contributed by atoms with van der Waals surface area (Å²) in [5.41, 5.74) is 4.95. The monoisotopic (exact) mass is 340 g/mol. The molecule has 5 rings (SSSR count). The molecule has 0 saturated carbocycles. The Bertz CT molecular complexity index is 1150. The van der Waals surface area contributed by atoms with Gasteiger partial charge in [0.15, 0.2) is 0 Å². The molecule has 5 heteroatoms. The van der Waals surface area contributed by atoms with Crippen LogP contribution in [0.15, 0.2) is 73.3 Å². The number of benzene rings is 1. The molecule has 0 saturated heterocycles. The molecule has 0 spiro atoms. The SMILES string of the molecule is Oc1cccc(C(c2c[nH]c3ncccc23)c2c[nH]c3ncccc23)c1. The van der Waals surface area contributed by atoms with Gasteiger partial charge in [-0.15, -0.1) is 0 Å². The minimum Gasteiger partial charge on any atom is -0.508 e. The predicted octanol–water partition coefficient (Wildman–Crippen LogP) is 4.33. The van der Waals surface area contributed by atoms with Crippen molar-refractivity contribution in [3.63, 3.8) is 0 Å². The highest BCUT2D eigenvalue weighted by Gasteiger charge is 2.23. The minimum absolute atomic E-state index is 0.0574. The lowest BCUT2D eigenvalue weighted by atomic mass is 9.85. The van der Waals surface area contributed by atoms with E-state index in [0.717, 1.165) is 38.8 Å². The molecule has 0 aliphatic rings. The van der Waals surface area contributed by atoms with Gasteiger partial charge in [0.05, 0.1) is 0 Å². The average molecular weight is 340 g/mol. The third-order valence-corrected chi connectivity index (χ3v) is 4.79. The van der Waals surface area contributed by atoms with E-state index in [2.05, 4.69) is 32.1 Å². The Balaban J connectivity index is 1.81. The molecule has 0 aliphatic carbocycles. The zero-order valence-corrected chi connectivity index (χ0v) is 13.8. The highest BCUT2D eigenvalue weighted by Crippen LogP contribution is 2.39. The predicted molar refractivity (Wildman–Crippen MR) is 101 cm³/mol. The molecule has 26 heavy (non-hydrogen) atoms. The third-order valence-electron chi connectivity index (χ3n) is 4.79. The van der Waals surface area contributed by atoms with Crippen LogP contribution in [0.1, 0.15) is 22.6 Å². The lowest BCUT2D eigenvalue weighted by molar-refractivity contribution is 0.474. The van der Waals surface area contributed by atoms with Crippen molar-refractivity contribution >= 4 is 22.1 Å². The van der Waals surface area contributed by atoms with Gasteiger partial charge in [-0.25, -0.2) is 9.97 Å². The lowest BCUT2D eigenvalue weighted by Crippen LogP contribution is -2.02. The van der Waals surface area contributed by atoms with Crippen LogP contribution in [0.3, 0.4) is 0 Å². The van der Waals surface area contributed by atoms with E-state index in [9.17, 15) is 5.11 Å². The fraction of sp³-hybridized carbons (Fsp3) is 0.0476. The van der Waals surface area contributed by atoms with Crippen LogP contribution in [0.4, 0.5) is 0 Å². The Kier molecular flexibility index (Phi) is 3.25. The number of phenols is 1. The topological polar surface area (TPSA) is 77.6 Å². The summed E-state index contributed by atoms with van der Waals surface area (Å²) in [5, 5.41) is 12.2. The van der Waals surface area contributed by atoms with Crippen LogP contribution in [0.5, 0.6) is 5.75 Å². The van der Waals surface area contributed by atoms with E-state index in [1.165, 1.54) is 0 Å². The van der Waals surface area contributed by atoms with Crippen molar-refractivity contribution in [2.45, 2.75) is 5.92 Å². The molecule has 4 heterocycles. The number of rotatable bonds is 3. The Morgan fingerprint density at radius 2 is 1.38 bits per heavy atom. The fourth-order valence-electron chi connectivity index (χ4n) is 3.66. The first kappa shape index (κ1) is 14.7. The van der Waals surface area contributed by atoms with E-state index in [-0.39, 0.29) is 11.7 Å². The number of phenolic OH excluding ortho intramolecular Hbond substituents is 1. The first-order chi connectivity index (χ1) is 12.8. The fourth-order valence-corrected chi connectivity index (χ4v) is 3.66. The maximum Gasteiger partial charge on any atom is 0.137 e. The van der Waals surface area contributed by atoms with Gasteiger partial charge < -0.3 is 15.1 Å². The standard InChI is InChI=1S/C21H16N4O/c26-14-5-1-4-13(10-14)19(17-11-24-20-15(17)6-2-8-22-20)18-12-25-21-16(18)7-3-9-23-21/h1-12,19,26H,(H,22,24)(H,23,25). The van der Waals surface area contributed by atoms with Crippen molar-refractivity contribution in [1.82, 2.24) is 19.9 Å². The van der Waals surface area contributed by atoms with Crippen LogP contribution in [-0.4, -0.2) is 25.0 Å². The van der Waals surface area contributed by atoms with Crippen LogP contribution in [0.25, 0.3) is 22.1 Å². The molecule has 0 bridgehead atoms. The minimum atomic E-state index is -0.0574. The van der Waals surface area contributed by atoms with Crippen molar-refractivity contribution in [1.29, 1.82) is 0 Å². The van der Waals surface area contributed by atoms with Crippen molar-refractivity contribution < 1.29 is 5.11 Å². The number of H-pyrrole nitrogens is 2. The van der Waals surface area contributed by atoms with Crippen molar-refractivity contribution in [3.8, 4) is 5.75 Å². The van der Waals surface area contributed by atoms with Gasteiger partial charge in [0, 0.05) is 41.5 Å². The second-order valence-electron chi connectivity index (χ2n) is 6.32. The molecule has 0 atom stereocenters. The summed E-state index contributed by atoms with van der Waals surface area (Å²) < 4.78 is 0. The molecule has 5 nitrogen and oxygen atoms in total. The van der Waals surface area contributed by atoms with E-state index in [4.69, 9.17) is 0 Å². The lowest BCUT2D eigenvalue weighted by Gasteiger charge is -2.17. The molecule has 4 aromatic heterocycles. The van der Waals surface area contributed by atoms with Crippen LogP contribution < -0.4 is 0 Å². The van der Waals surface area contributed by atoms with E-state index >= 15 is 0 Å². The highest BCUT2D eigenvalue weighted by molar-refractivity contribution is 5.86. The molecule has 0 amide bonds. The Labute approximate surface area is 149 Å². The zero-order chi connectivity index (χ0) is 17.5. The summed E-state index contributed by atoms with van der Waals surface area (Å²) >= 11 is 0. The van der Waals surface area contributed by atoms with Gasteiger partial charge in [0.25, 0.3) is 0 Å². The van der Waals surface area contributed by atoms with Crippen LogP contribution in [-0.2, 0) is 0 Å². The molecule has 5 aromatic rings. The van der Waals surface area contributed by atoms with Gasteiger partial charge in [-0.05, 0) is 53.1 Å². The molecular formula is C21H16N4O. The van der Waals surface area contributed by atoms with Gasteiger partial charge in [-0.3, -0.25) is 0 Å². The number of fused-ring (bicyclic) bond motifs is 2. The summed E-state index contributed by atoms with van der Waals surface area (Å²) in [6.07, 6.45) is 7.56. The van der Waals surface area contributed by atoms with Gasteiger partial charge >= 0.3 is 0 Å². The number of nitrogens with zero attached hydrogens (tertiary/aromatic N) is 2. The molecule has 126 valence electrons. The summed E-state index contributed by atoms with van der Waals surface area (Å²) in [5.74, 6) is 0.196. The van der Waals surface area contributed by atoms with Crippen molar-refractivity contribution in [2.24, 2.45) is 0 Å². The summed E-state index contributed by atoms with van der Waals surface area (Å²) in [4.78, 5) is 15.4. The number of aromatic nitrogens is 4. The Morgan fingerprint density at radius 1 is 0.769 bits per heavy atom. The van der Waals surface area contributed by atoms with Gasteiger partial charge in [0.2, 0.25) is 0 Å². The van der Waals surface area contributed by atoms with Crippen molar-refractivity contribution in [2.75, 3.05) is 0 Å². The quantitative estimate of drug-likeness (QED) is 0.457. The maximum absolute atomic E-state index is 10.0. The molecule has 0 radical (unpaired) electrons. The normalized spacial score (nSPS) is 11.6. The second kappa shape index (κ2) is 5.74. The smallest absolute Gasteiger partial charge is 0.137 e. The number of aromatic amines is 2. The Hall–Kier alpha value is -3.60. The van der Waals surface area contributed by atoms with Crippen molar-refractivity contribution in [3.05, 3.63) is 90.0 Å². The van der Waals surface area contributed by atoms with E-state index < -0.39 is 0 Å². The number of pyridine rings is 2. The third kappa shape index (κ3) is 2.25. The first-order valence-corrected chi connectivity index (χ1v) is 8.44. The van der Waals surface area contributed by atoms with Gasteiger partial charge in [-0.2, -0.15) is 0 Å². The molecule has 0 unspecified atom stereocenters. The number of aromatic hydroxyl groups is 1. The Morgan fingerprint density at radius 3 is 1.96 bits per heavy atom. The van der Waals surface area contributed by atoms with Crippen LogP contribution >= 0.6 is 0 Å². The molecule has 0 fully saturated rings. The molecule has 3 N–H and O–H groups in total. The number of nitrogens with one attached hydrogen (secondary N) is 2. The highest BCUT2D eigenvalue weighted by atomic mass is 16.3. The molecule has 1 aromatic carbocycles. The second-order valence-corrected chi connectivity index (χ2v) is 6.32. The number of hydrogen-bond donors (Lipinski definition) is 3. The largest absolute Gasteiger partial charge is 0.508 e. The van der Waals surface area contributed by atoms with Gasteiger partial charge in [0.1, 0.15) is 17.0 Å². The first-order valence-electron chi connectivity index (χ1n) is 8.44. The van der Waals surface area contributed by atoms with E-state index in [1.54, 1.807) is 18.5 Å². The number of hydrogen-bond acceptors (Lipinski definition) is 3.